The number of halogens is 3. The number of likely N-dealkylation sites (tertiary alicyclic amines) is 1. The maximum absolute atomic E-state index is 14.1. The number of fused-ring (bicyclic) bond motifs is 1. The minimum absolute atomic E-state index is 0.0267. The van der Waals surface area contributed by atoms with Gasteiger partial charge in [-0.3, -0.25) is 38.9 Å². The number of nitrogens with one attached hydrogen (secondary N) is 1. The Labute approximate surface area is 355 Å². The van der Waals surface area contributed by atoms with E-state index < -0.39 is 41.6 Å². The number of hydrogen-bond acceptors (Lipinski definition) is 11. The van der Waals surface area contributed by atoms with Crippen LogP contribution in [0.2, 0.25) is 10.0 Å². The molecule has 5 heterocycles. The summed E-state index contributed by atoms with van der Waals surface area (Å²) in [5, 5.41) is 6.94. The van der Waals surface area contributed by atoms with Gasteiger partial charge in [-0.05, 0) is 69.4 Å². The van der Waals surface area contributed by atoms with Crippen LogP contribution in [0.15, 0.2) is 55.0 Å². The van der Waals surface area contributed by atoms with Gasteiger partial charge in [-0.25, -0.2) is 9.37 Å². The van der Waals surface area contributed by atoms with Crippen LogP contribution in [0.4, 0.5) is 10.2 Å². The second-order valence-electron chi connectivity index (χ2n) is 15.0. The average Bonchev–Trinajstić information content (AvgIpc) is 3.83. The van der Waals surface area contributed by atoms with Crippen molar-refractivity contribution in [1.82, 2.24) is 29.9 Å². The van der Waals surface area contributed by atoms with Crippen LogP contribution >= 0.6 is 23.2 Å². The molecule has 18 heteroatoms. The van der Waals surface area contributed by atoms with Crippen molar-refractivity contribution in [3.63, 3.8) is 0 Å². The van der Waals surface area contributed by atoms with Crippen molar-refractivity contribution in [2.24, 2.45) is 0 Å². The Morgan fingerprint density at radius 3 is 2.52 bits per heavy atom. The number of carbonyl (C=O) groups is 5. The lowest BCUT2D eigenvalue weighted by molar-refractivity contribution is -0.207. The van der Waals surface area contributed by atoms with E-state index in [9.17, 15) is 28.4 Å². The predicted molar refractivity (Wildman–Crippen MR) is 218 cm³/mol. The van der Waals surface area contributed by atoms with Crippen LogP contribution < -0.4 is 20.7 Å². The third-order valence-electron chi connectivity index (χ3n) is 11.0. The number of unbranched alkanes of at least 4 members (excludes halogenated alkanes) is 4. The Morgan fingerprint density at radius 2 is 1.73 bits per heavy atom. The molecule has 2 aromatic carbocycles. The second-order valence-corrected chi connectivity index (χ2v) is 15.8. The van der Waals surface area contributed by atoms with Crippen molar-refractivity contribution in [2.75, 3.05) is 25.4 Å². The smallest absolute Gasteiger partial charge is 0.266 e. The molecule has 2 aromatic heterocycles. The van der Waals surface area contributed by atoms with Gasteiger partial charge in [-0.15, -0.1) is 0 Å². The summed E-state index contributed by atoms with van der Waals surface area (Å²) in [4.78, 5) is 81.0. The molecule has 316 valence electrons. The highest BCUT2D eigenvalue weighted by Crippen LogP contribution is 2.38. The van der Waals surface area contributed by atoms with Crippen molar-refractivity contribution < 1.29 is 42.9 Å². The summed E-state index contributed by atoms with van der Waals surface area (Å²) in [6.45, 7) is 3.23. The highest BCUT2D eigenvalue weighted by Gasteiger charge is 2.46. The van der Waals surface area contributed by atoms with E-state index in [4.69, 9.17) is 43.4 Å². The summed E-state index contributed by atoms with van der Waals surface area (Å²) in [6.07, 6.45) is 10.8. The standard InChI is InChI=1S/C42H44Cl2FN7O8/c1-24(36-29(43)11-12-30(45)38(36)44)59-33-20-25(21-47-39(33)46)26-22-48-51(23-26)27-15-17-50(18-16-27)35(54)10-5-3-2-4-6-19-58-60-32-9-7-8-28-37(32)42(57)52(41(28)56)31-13-14-34(53)49-40(31)55/h7-9,11-12,20-24,27,31H,2-6,10,13-19H2,1H3,(H2,46,47)(H,49,53,55). The maximum Gasteiger partial charge on any atom is 0.266 e. The minimum Gasteiger partial charge on any atom is -0.482 e. The molecule has 60 heavy (non-hydrogen) atoms. The van der Waals surface area contributed by atoms with E-state index >= 15 is 0 Å². The number of imide groups is 2. The third kappa shape index (κ3) is 9.25. The van der Waals surface area contributed by atoms with Crippen LogP contribution in [0.5, 0.6) is 11.5 Å². The first-order valence-electron chi connectivity index (χ1n) is 19.9. The highest BCUT2D eigenvalue weighted by atomic mass is 35.5. The van der Waals surface area contributed by atoms with Crippen molar-refractivity contribution in [3.05, 3.63) is 87.5 Å². The first kappa shape index (κ1) is 42.5. The monoisotopic (exact) mass is 863 g/mol. The lowest BCUT2D eigenvalue weighted by atomic mass is 10.0. The van der Waals surface area contributed by atoms with Crippen LogP contribution in [-0.2, 0) is 19.3 Å². The first-order chi connectivity index (χ1) is 28.9. The van der Waals surface area contributed by atoms with Crippen LogP contribution in [0.25, 0.3) is 11.1 Å². The molecule has 7 rings (SSSR count). The van der Waals surface area contributed by atoms with Gasteiger partial charge in [0, 0.05) is 60.0 Å². The number of amides is 5. The molecule has 0 saturated carbocycles. The summed E-state index contributed by atoms with van der Waals surface area (Å²) >= 11 is 12.5. The second kappa shape index (κ2) is 18.8. The lowest BCUT2D eigenvalue weighted by Gasteiger charge is -2.32. The van der Waals surface area contributed by atoms with Crippen molar-refractivity contribution in [3.8, 4) is 22.6 Å². The van der Waals surface area contributed by atoms with Gasteiger partial charge in [0.25, 0.3) is 11.8 Å². The summed E-state index contributed by atoms with van der Waals surface area (Å²) in [6, 6.07) is 8.00. The number of pyridine rings is 1. The van der Waals surface area contributed by atoms with Gasteiger partial charge in [0.05, 0.1) is 35.0 Å². The molecule has 2 saturated heterocycles. The SMILES string of the molecule is CC(Oc1cc(-c2cnn(C3CCN(C(=O)CCCCCCCOOc4cccc5c4C(=O)N(C4CCC(=O)NC4=O)C5=O)CC3)c2)cnc1N)c1c(Cl)ccc(F)c1Cl. The first-order valence-corrected chi connectivity index (χ1v) is 20.7. The lowest BCUT2D eigenvalue weighted by Crippen LogP contribution is -2.54. The summed E-state index contributed by atoms with van der Waals surface area (Å²) < 4.78 is 22.1. The van der Waals surface area contributed by atoms with E-state index in [0.29, 0.717) is 37.2 Å². The molecule has 3 aliphatic heterocycles. The van der Waals surface area contributed by atoms with Gasteiger partial charge in [-0.2, -0.15) is 9.99 Å². The van der Waals surface area contributed by atoms with Crippen molar-refractivity contribution in [1.29, 1.82) is 0 Å². The number of nitrogens with two attached hydrogens (primary N) is 1. The van der Waals surface area contributed by atoms with E-state index in [1.54, 1.807) is 31.5 Å². The molecule has 2 atom stereocenters. The Morgan fingerprint density at radius 1 is 0.967 bits per heavy atom. The number of hydrogen-bond donors (Lipinski definition) is 2. The molecular weight excluding hydrogens is 820 g/mol. The normalized spacial score (nSPS) is 17.5. The Hall–Kier alpha value is -5.58. The van der Waals surface area contributed by atoms with Crippen molar-refractivity contribution >= 4 is 58.6 Å². The Kier molecular flexibility index (Phi) is 13.3. The zero-order valence-corrected chi connectivity index (χ0v) is 34.3. The number of piperidine rings is 2. The molecule has 2 fully saturated rings. The summed E-state index contributed by atoms with van der Waals surface area (Å²) in [5.41, 5.74) is 8.11. The van der Waals surface area contributed by atoms with E-state index in [-0.39, 0.29) is 64.1 Å². The minimum atomic E-state index is -1.07. The molecule has 0 aliphatic carbocycles. The van der Waals surface area contributed by atoms with Gasteiger partial charge < -0.3 is 20.3 Å². The molecule has 4 aromatic rings. The zero-order valence-electron chi connectivity index (χ0n) is 32.8. The molecular formula is C42H44Cl2FN7O8. The van der Waals surface area contributed by atoms with Gasteiger partial charge in [0.15, 0.2) is 17.3 Å². The summed E-state index contributed by atoms with van der Waals surface area (Å²) in [5.74, 6) is -2.33. The average molecular weight is 865 g/mol. The molecule has 3 aliphatic rings. The van der Waals surface area contributed by atoms with Crippen LogP contribution in [-0.4, -0.2) is 79.8 Å². The number of carbonyl (C=O) groups excluding carboxylic acids is 5. The molecule has 3 N–H and O–H groups in total. The van der Waals surface area contributed by atoms with E-state index in [1.165, 1.54) is 24.3 Å². The fraction of sp³-hybridized carbons (Fsp3) is 0.405. The quantitative estimate of drug-likeness (QED) is 0.0387. The summed E-state index contributed by atoms with van der Waals surface area (Å²) in [7, 11) is 0. The number of nitrogens with zero attached hydrogens (tertiary/aromatic N) is 5. The number of rotatable bonds is 16. The number of benzene rings is 2. The Bertz CT molecular complexity index is 2300. The highest BCUT2D eigenvalue weighted by molar-refractivity contribution is 6.36. The Balaban J connectivity index is 0.793. The third-order valence-corrected chi connectivity index (χ3v) is 11.7. The maximum atomic E-state index is 14.1. The predicted octanol–water partition coefficient (Wildman–Crippen LogP) is 7.03. The van der Waals surface area contributed by atoms with Gasteiger partial charge in [-0.1, -0.05) is 48.5 Å². The van der Waals surface area contributed by atoms with Gasteiger partial charge in [0.2, 0.25) is 17.7 Å². The molecule has 2 unspecified atom stereocenters. The van der Waals surface area contributed by atoms with Gasteiger partial charge >= 0.3 is 0 Å². The van der Waals surface area contributed by atoms with Crippen LogP contribution in [0.1, 0.15) is 110 Å². The van der Waals surface area contributed by atoms with E-state index in [0.717, 1.165) is 54.6 Å². The fourth-order valence-corrected chi connectivity index (χ4v) is 8.40. The number of aromatic nitrogens is 3. The molecule has 0 spiro atoms. The number of nitrogen functional groups attached to an aromatic ring is 1. The molecule has 0 bridgehead atoms. The number of ether oxygens (including phenoxy) is 1. The zero-order chi connectivity index (χ0) is 42.5. The van der Waals surface area contributed by atoms with E-state index in [1.807, 2.05) is 15.8 Å². The van der Waals surface area contributed by atoms with Crippen LogP contribution in [0, 0.1) is 5.82 Å². The fourth-order valence-electron chi connectivity index (χ4n) is 7.72. The van der Waals surface area contributed by atoms with Crippen molar-refractivity contribution in [2.45, 2.75) is 89.3 Å². The topological polar surface area (TPSA) is 188 Å². The molecule has 5 amide bonds. The molecule has 0 radical (unpaired) electrons. The van der Waals surface area contributed by atoms with Gasteiger partial charge in [0.1, 0.15) is 18.0 Å². The largest absolute Gasteiger partial charge is 0.482 e. The molecule has 15 nitrogen and oxygen atoms in total. The van der Waals surface area contributed by atoms with Crippen LogP contribution in [0.3, 0.4) is 0 Å². The van der Waals surface area contributed by atoms with E-state index in [2.05, 4.69) is 15.4 Å². The number of anilines is 1.